The Morgan fingerprint density at radius 1 is 1.37 bits per heavy atom. The molecule has 1 N–H and O–H groups in total. The first-order valence-electron chi connectivity index (χ1n) is 6.15. The minimum absolute atomic E-state index is 0.0610. The van der Waals surface area contributed by atoms with Crippen LogP contribution in [0.15, 0.2) is 24.5 Å². The zero-order valence-electron chi connectivity index (χ0n) is 11.3. The number of ether oxygens (including phenoxy) is 1. The highest BCUT2D eigenvalue weighted by Gasteiger charge is 2.18. The van der Waals surface area contributed by atoms with Crippen molar-refractivity contribution in [1.82, 2.24) is 9.88 Å². The lowest BCUT2D eigenvalue weighted by atomic mass is 10.2. The number of methoxy groups -OCH3 is 1. The number of carbonyl (C=O) groups is 2. The molecule has 0 bridgehead atoms. The smallest absolute Gasteiger partial charge is 0.307 e. The van der Waals surface area contributed by atoms with Crippen molar-refractivity contribution in [2.24, 2.45) is 0 Å². The first-order valence-corrected chi connectivity index (χ1v) is 7.54. The summed E-state index contributed by atoms with van der Waals surface area (Å²) in [5, 5.41) is 2.78. The van der Waals surface area contributed by atoms with E-state index in [0.29, 0.717) is 6.54 Å². The van der Waals surface area contributed by atoms with E-state index in [2.05, 4.69) is 10.1 Å². The van der Waals surface area contributed by atoms with Gasteiger partial charge in [-0.3, -0.25) is 9.59 Å². The minimum Gasteiger partial charge on any atom is -0.469 e. The standard InChI is InChI=1S/C13H20N2O3S/c1-18-12(16)5-7-14-13(17)11(6-10-19-2)15-8-3-4-9-15/h3-4,8-9,11H,5-7,10H2,1-2H3,(H,14,17)/t11-/m1/s1. The quantitative estimate of drug-likeness (QED) is 0.734. The highest BCUT2D eigenvalue weighted by atomic mass is 32.2. The van der Waals surface area contributed by atoms with Gasteiger partial charge in [-0.05, 0) is 30.6 Å². The van der Waals surface area contributed by atoms with Crippen LogP contribution in [0, 0.1) is 0 Å². The molecule has 1 heterocycles. The van der Waals surface area contributed by atoms with E-state index in [4.69, 9.17) is 0 Å². The van der Waals surface area contributed by atoms with E-state index in [1.54, 1.807) is 11.8 Å². The number of hydrogen-bond donors (Lipinski definition) is 1. The fourth-order valence-electron chi connectivity index (χ4n) is 1.71. The van der Waals surface area contributed by atoms with E-state index in [0.717, 1.165) is 12.2 Å². The molecule has 0 saturated carbocycles. The third-order valence-corrected chi connectivity index (χ3v) is 3.39. The number of esters is 1. The molecule has 1 atom stereocenters. The molecule has 1 aromatic rings. The second-order valence-corrected chi connectivity index (χ2v) is 5.03. The summed E-state index contributed by atoms with van der Waals surface area (Å²) in [5.41, 5.74) is 0. The van der Waals surface area contributed by atoms with Gasteiger partial charge in [0.05, 0.1) is 13.5 Å². The van der Waals surface area contributed by atoms with Crippen LogP contribution in [0.5, 0.6) is 0 Å². The Labute approximate surface area is 117 Å². The summed E-state index contributed by atoms with van der Waals surface area (Å²) in [6, 6.07) is 3.57. The first-order chi connectivity index (χ1) is 9.19. The van der Waals surface area contributed by atoms with Gasteiger partial charge in [-0.2, -0.15) is 11.8 Å². The molecule has 0 aliphatic carbocycles. The second-order valence-electron chi connectivity index (χ2n) is 4.04. The summed E-state index contributed by atoms with van der Waals surface area (Å²) in [5.74, 6) is 0.531. The van der Waals surface area contributed by atoms with E-state index in [-0.39, 0.29) is 24.3 Å². The number of aromatic nitrogens is 1. The van der Waals surface area contributed by atoms with Crippen molar-refractivity contribution in [2.75, 3.05) is 25.7 Å². The summed E-state index contributed by atoms with van der Waals surface area (Å²) in [6.07, 6.45) is 6.74. The summed E-state index contributed by atoms with van der Waals surface area (Å²) in [7, 11) is 1.34. The third kappa shape index (κ3) is 5.38. The summed E-state index contributed by atoms with van der Waals surface area (Å²) in [4.78, 5) is 23.1. The molecule has 0 aliphatic rings. The molecule has 106 valence electrons. The van der Waals surface area contributed by atoms with E-state index >= 15 is 0 Å². The monoisotopic (exact) mass is 284 g/mol. The van der Waals surface area contributed by atoms with Gasteiger partial charge in [0.1, 0.15) is 6.04 Å². The number of nitrogens with zero attached hydrogens (tertiary/aromatic N) is 1. The van der Waals surface area contributed by atoms with Gasteiger partial charge < -0.3 is 14.6 Å². The average Bonchev–Trinajstić information content (AvgIpc) is 2.93. The Morgan fingerprint density at radius 2 is 2.05 bits per heavy atom. The fourth-order valence-corrected chi connectivity index (χ4v) is 2.17. The zero-order valence-corrected chi connectivity index (χ0v) is 12.1. The topological polar surface area (TPSA) is 60.3 Å². The van der Waals surface area contributed by atoms with Gasteiger partial charge in [0.2, 0.25) is 5.91 Å². The molecule has 0 aliphatic heterocycles. The van der Waals surface area contributed by atoms with Crippen molar-refractivity contribution >= 4 is 23.6 Å². The van der Waals surface area contributed by atoms with Crippen LogP contribution in [0.1, 0.15) is 18.9 Å². The fraction of sp³-hybridized carbons (Fsp3) is 0.538. The Bertz CT molecular complexity index is 393. The van der Waals surface area contributed by atoms with E-state index < -0.39 is 0 Å². The van der Waals surface area contributed by atoms with Gasteiger partial charge in [-0.15, -0.1) is 0 Å². The van der Waals surface area contributed by atoms with Crippen LogP contribution in [0.3, 0.4) is 0 Å². The van der Waals surface area contributed by atoms with Crippen LogP contribution in [-0.2, 0) is 14.3 Å². The number of nitrogens with one attached hydrogen (secondary N) is 1. The molecule has 1 aromatic heterocycles. The van der Waals surface area contributed by atoms with Gasteiger partial charge in [-0.25, -0.2) is 0 Å². The molecule has 0 aromatic carbocycles. The van der Waals surface area contributed by atoms with E-state index in [9.17, 15) is 9.59 Å². The Kier molecular flexibility index (Phi) is 7.10. The lowest BCUT2D eigenvalue weighted by Gasteiger charge is -2.18. The predicted molar refractivity (Wildman–Crippen MR) is 76.1 cm³/mol. The van der Waals surface area contributed by atoms with Gasteiger partial charge in [0.15, 0.2) is 0 Å². The van der Waals surface area contributed by atoms with Gasteiger partial charge in [0.25, 0.3) is 0 Å². The Morgan fingerprint density at radius 3 is 2.63 bits per heavy atom. The predicted octanol–water partition coefficient (Wildman–Crippen LogP) is 1.46. The molecular formula is C13H20N2O3S. The number of amides is 1. The molecule has 1 rings (SSSR count). The Balaban J connectivity index is 2.50. The van der Waals surface area contributed by atoms with Gasteiger partial charge in [-0.1, -0.05) is 0 Å². The van der Waals surface area contributed by atoms with Crippen LogP contribution >= 0.6 is 11.8 Å². The second kappa shape index (κ2) is 8.63. The minimum atomic E-state index is -0.318. The van der Waals surface area contributed by atoms with Crippen molar-refractivity contribution in [1.29, 1.82) is 0 Å². The molecule has 19 heavy (non-hydrogen) atoms. The number of rotatable bonds is 8. The molecule has 0 spiro atoms. The van der Waals surface area contributed by atoms with Crippen LogP contribution < -0.4 is 5.32 Å². The van der Waals surface area contributed by atoms with Crippen molar-refractivity contribution in [3.8, 4) is 0 Å². The highest BCUT2D eigenvalue weighted by Crippen LogP contribution is 2.15. The van der Waals surface area contributed by atoms with Crippen molar-refractivity contribution in [2.45, 2.75) is 18.9 Å². The van der Waals surface area contributed by atoms with Crippen LogP contribution in [0.4, 0.5) is 0 Å². The molecule has 0 saturated heterocycles. The Hall–Kier alpha value is -1.43. The molecule has 6 heteroatoms. The molecule has 5 nitrogen and oxygen atoms in total. The summed E-state index contributed by atoms with van der Waals surface area (Å²) >= 11 is 1.71. The molecule has 0 radical (unpaired) electrons. The summed E-state index contributed by atoms with van der Waals surface area (Å²) < 4.78 is 6.42. The molecule has 0 unspecified atom stereocenters. The first kappa shape index (κ1) is 15.6. The SMILES string of the molecule is COC(=O)CCNC(=O)[C@@H](CCSC)n1cccc1. The molecule has 0 fully saturated rings. The lowest BCUT2D eigenvalue weighted by molar-refractivity contribution is -0.140. The normalized spacial score (nSPS) is 11.9. The molecular weight excluding hydrogens is 264 g/mol. The van der Waals surface area contributed by atoms with Crippen LogP contribution in [0.2, 0.25) is 0 Å². The van der Waals surface area contributed by atoms with E-state index in [1.165, 1.54) is 7.11 Å². The van der Waals surface area contributed by atoms with Gasteiger partial charge in [0, 0.05) is 18.9 Å². The average molecular weight is 284 g/mol. The van der Waals surface area contributed by atoms with Crippen molar-refractivity contribution in [3.05, 3.63) is 24.5 Å². The number of thioether (sulfide) groups is 1. The number of carbonyl (C=O) groups excluding carboxylic acids is 2. The zero-order chi connectivity index (χ0) is 14.1. The van der Waals surface area contributed by atoms with Crippen molar-refractivity contribution < 1.29 is 14.3 Å². The van der Waals surface area contributed by atoms with Crippen LogP contribution in [0.25, 0.3) is 0 Å². The number of hydrogen-bond acceptors (Lipinski definition) is 4. The molecule has 1 amide bonds. The maximum Gasteiger partial charge on any atom is 0.307 e. The third-order valence-electron chi connectivity index (χ3n) is 2.74. The van der Waals surface area contributed by atoms with Gasteiger partial charge >= 0.3 is 5.97 Å². The largest absolute Gasteiger partial charge is 0.469 e. The van der Waals surface area contributed by atoms with Crippen molar-refractivity contribution in [3.63, 3.8) is 0 Å². The van der Waals surface area contributed by atoms with Crippen LogP contribution in [-0.4, -0.2) is 42.1 Å². The maximum atomic E-state index is 12.1. The lowest BCUT2D eigenvalue weighted by Crippen LogP contribution is -2.34. The van der Waals surface area contributed by atoms with E-state index in [1.807, 2.05) is 35.3 Å². The highest BCUT2D eigenvalue weighted by molar-refractivity contribution is 7.98. The maximum absolute atomic E-state index is 12.1. The summed E-state index contributed by atoms with van der Waals surface area (Å²) in [6.45, 7) is 0.308.